The molecule has 0 bridgehead atoms. The Hall–Kier alpha value is -0.560. The number of hydrogen-bond donors (Lipinski definition) is 1. The van der Waals surface area contributed by atoms with Crippen molar-refractivity contribution in [1.29, 1.82) is 0 Å². The summed E-state index contributed by atoms with van der Waals surface area (Å²) < 4.78 is 0. The van der Waals surface area contributed by atoms with Gasteiger partial charge in [-0.2, -0.15) is 0 Å². The van der Waals surface area contributed by atoms with Gasteiger partial charge in [0, 0.05) is 12.6 Å². The lowest BCUT2D eigenvalue weighted by Gasteiger charge is -2.34. The van der Waals surface area contributed by atoms with Crippen molar-refractivity contribution in [1.82, 2.24) is 5.32 Å². The summed E-state index contributed by atoms with van der Waals surface area (Å²) in [7, 11) is 0. The van der Waals surface area contributed by atoms with E-state index in [2.05, 4.69) is 39.1 Å². The molecule has 2 rings (SSSR count). The summed E-state index contributed by atoms with van der Waals surface area (Å²) in [6.07, 6.45) is 10.4. The van der Waals surface area contributed by atoms with Gasteiger partial charge in [-0.25, -0.2) is 0 Å². The smallest absolute Gasteiger partial charge is 0.0164 e. The second kappa shape index (κ2) is 5.61. The molecule has 1 saturated carbocycles. The van der Waals surface area contributed by atoms with E-state index in [-0.39, 0.29) is 0 Å². The molecule has 0 aromatic heterocycles. The molecule has 0 aromatic carbocycles. The van der Waals surface area contributed by atoms with Crippen LogP contribution in [-0.4, -0.2) is 12.6 Å². The molecule has 1 nitrogen and oxygen atoms in total. The highest BCUT2D eigenvalue weighted by Crippen LogP contribution is 2.41. The maximum Gasteiger partial charge on any atom is 0.0164 e. The van der Waals surface area contributed by atoms with E-state index in [4.69, 9.17) is 0 Å². The van der Waals surface area contributed by atoms with Gasteiger partial charge in [0.1, 0.15) is 0 Å². The molecule has 0 spiro atoms. The standard InChI is InChI=1S/C17H29N/c1-13(12-18-15-8-9-15)7-10-16-14(2)6-5-11-17(16,3)4/h7,15,18H,5-6,8-12H2,1-4H3. The molecule has 0 aromatic rings. The molecule has 18 heavy (non-hydrogen) atoms. The molecular weight excluding hydrogens is 218 g/mol. The first-order valence-electron chi connectivity index (χ1n) is 7.57. The first-order valence-corrected chi connectivity index (χ1v) is 7.57. The third-order valence-electron chi connectivity index (χ3n) is 4.59. The van der Waals surface area contributed by atoms with E-state index in [1.807, 2.05) is 0 Å². The van der Waals surface area contributed by atoms with Gasteiger partial charge in [-0.3, -0.25) is 0 Å². The molecule has 0 saturated heterocycles. The Bertz CT molecular complexity index is 356. The molecule has 0 amide bonds. The average molecular weight is 247 g/mol. The number of nitrogens with one attached hydrogen (secondary N) is 1. The van der Waals surface area contributed by atoms with Crippen LogP contribution in [0.2, 0.25) is 0 Å². The summed E-state index contributed by atoms with van der Waals surface area (Å²) in [5.74, 6) is 0. The number of hydrogen-bond acceptors (Lipinski definition) is 1. The van der Waals surface area contributed by atoms with Gasteiger partial charge in [0.2, 0.25) is 0 Å². The summed E-state index contributed by atoms with van der Waals surface area (Å²) in [6, 6.07) is 0.820. The molecule has 0 atom stereocenters. The van der Waals surface area contributed by atoms with Crippen LogP contribution in [0.1, 0.15) is 66.2 Å². The van der Waals surface area contributed by atoms with Crippen molar-refractivity contribution < 1.29 is 0 Å². The lowest BCUT2D eigenvalue weighted by molar-refractivity contribution is 0.360. The number of rotatable bonds is 5. The third-order valence-corrected chi connectivity index (χ3v) is 4.59. The van der Waals surface area contributed by atoms with Crippen molar-refractivity contribution in [3.8, 4) is 0 Å². The van der Waals surface area contributed by atoms with Crippen LogP contribution in [0.15, 0.2) is 22.8 Å². The van der Waals surface area contributed by atoms with E-state index < -0.39 is 0 Å². The van der Waals surface area contributed by atoms with Gasteiger partial charge in [-0.1, -0.05) is 36.6 Å². The van der Waals surface area contributed by atoms with Crippen molar-refractivity contribution in [2.24, 2.45) is 5.41 Å². The summed E-state index contributed by atoms with van der Waals surface area (Å²) in [6.45, 7) is 10.5. The molecule has 1 N–H and O–H groups in total. The van der Waals surface area contributed by atoms with E-state index in [0.29, 0.717) is 5.41 Å². The Labute approximate surface area is 113 Å². The van der Waals surface area contributed by atoms with Crippen molar-refractivity contribution in [3.63, 3.8) is 0 Å². The van der Waals surface area contributed by atoms with E-state index in [1.165, 1.54) is 37.7 Å². The van der Waals surface area contributed by atoms with E-state index in [1.54, 1.807) is 11.1 Å². The van der Waals surface area contributed by atoms with Crippen LogP contribution in [0, 0.1) is 5.41 Å². The first kappa shape index (κ1) is 13.9. The molecular formula is C17H29N. The predicted molar refractivity (Wildman–Crippen MR) is 79.7 cm³/mol. The fourth-order valence-corrected chi connectivity index (χ4v) is 3.07. The molecule has 102 valence electrons. The van der Waals surface area contributed by atoms with Crippen LogP contribution in [0.3, 0.4) is 0 Å². The fraction of sp³-hybridized carbons (Fsp3) is 0.765. The van der Waals surface area contributed by atoms with Gasteiger partial charge in [-0.15, -0.1) is 0 Å². The molecule has 0 radical (unpaired) electrons. The highest BCUT2D eigenvalue weighted by atomic mass is 14.9. The van der Waals surface area contributed by atoms with Crippen LogP contribution >= 0.6 is 0 Å². The lowest BCUT2D eigenvalue weighted by Crippen LogP contribution is -2.21. The summed E-state index contributed by atoms with van der Waals surface area (Å²) in [4.78, 5) is 0. The Morgan fingerprint density at radius 3 is 2.72 bits per heavy atom. The Kier molecular flexibility index (Phi) is 4.32. The van der Waals surface area contributed by atoms with E-state index in [0.717, 1.165) is 19.0 Å². The fourth-order valence-electron chi connectivity index (χ4n) is 3.07. The summed E-state index contributed by atoms with van der Waals surface area (Å²) in [5.41, 5.74) is 5.26. The van der Waals surface area contributed by atoms with Crippen LogP contribution in [0.25, 0.3) is 0 Å². The minimum absolute atomic E-state index is 0.420. The molecule has 1 fully saturated rings. The SMILES string of the molecule is CC(=CCC1=C(C)CCCC1(C)C)CNC1CC1. The monoisotopic (exact) mass is 247 g/mol. The quantitative estimate of drug-likeness (QED) is 0.700. The highest BCUT2D eigenvalue weighted by Gasteiger charge is 2.27. The maximum atomic E-state index is 3.59. The van der Waals surface area contributed by atoms with Gasteiger partial charge < -0.3 is 5.32 Å². The Morgan fingerprint density at radius 1 is 1.39 bits per heavy atom. The highest BCUT2D eigenvalue weighted by molar-refractivity contribution is 5.25. The molecule has 0 aliphatic heterocycles. The van der Waals surface area contributed by atoms with Crippen LogP contribution in [-0.2, 0) is 0 Å². The zero-order valence-corrected chi connectivity index (χ0v) is 12.6. The molecule has 2 aliphatic rings. The minimum atomic E-state index is 0.420. The van der Waals surface area contributed by atoms with Crippen molar-refractivity contribution in [3.05, 3.63) is 22.8 Å². The van der Waals surface area contributed by atoms with Gasteiger partial charge in [0.05, 0.1) is 0 Å². The van der Waals surface area contributed by atoms with Crippen LogP contribution in [0.4, 0.5) is 0 Å². The van der Waals surface area contributed by atoms with Crippen molar-refractivity contribution in [2.45, 2.75) is 72.3 Å². The Balaban J connectivity index is 1.92. The van der Waals surface area contributed by atoms with Gasteiger partial charge >= 0.3 is 0 Å². The zero-order chi connectivity index (χ0) is 13.2. The van der Waals surface area contributed by atoms with Crippen LogP contribution in [0.5, 0.6) is 0 Å². The van der Waals surface area contributed by atoms with Gasteiger partial charge in [-0.05, 0) is 57.8 Å². The van der Waals surface area contributed by atoms with Gasteiger partial charge in [0.15, 0.2) is 0 Å². The lowest BCUT2D eigenvalue weighted by atomic mass is 9.71. The number of allylic oxidation sites excluding steroid dienone is 3. The maximum absolute atomic E-state index is 3.59. The first-order chi connectivity index (χ1) is 8.49. The third kappa shape index (κ3) is 3.71. The second-order valence-corrected chi connectivity index (χ2v) is 6.91. The summed E-state index contributed by atoms with van der Waals surface area (Å²) >= 11 is 0. The molecule has 1 heteroatoms. The normalized spacial score (nSPS) is 24.6. The van der Waals surface area contributed by atoms with E-state index >= 15 is 0 Å². The predicted octanol–water partition coefficient (Wildman–Crippen LogP) is 4.60. The second-order valence-electron chi connectivity index (χ2n) is 6.91. The largest absolute Gasteiger partial charge is 0.310 e. The van der Waals surface area contributed by atoms with Crippen LogP contribution < -0.4 is 5.32 Å². The van der Waals surface area contributed by atoms with Crippen molar-refractivity contribution in [2.75, 3.05) is 6.54 Å². The minimum Gasteiger partial charge on any atom is -0.310 e. The molecule has 2 aliphatic carbocycles. The van der Waals surface area contributed by atoms with Crippen molar-refractivity contribution >= 4 is 0 Å². The van der Waals surface area contributed by atoms with Gasteiger partial charge in [0.25, 0.3) is 0 Å². The zero-order valence-electron chi connectivity index (χ0n) is 12.6. The Morgan fingerprint density at radius 2 is 2.11 bits per heavy atom. The summed E-state index contributed by atoms with van der Waals surface area (Å²) in [5, 5.41) is 3.59. The molecule has 0 unspecified atom stereocenters. The molecule has 0 heterocycles. The van der Waals surface area contributed by atoms with E-state index in [9.17, 15) is 0 Å². The topological polar surface area (TPSA) is 12.0 Å². The average Bonchev–Trinajstić information content (AvgIpc) is 3.08.